The first kappa shape index (κ1) is 53.0. The fraction of sp³-hybridized carbons (Fsp3) is 0.870. The van der Waals surface area contributed by atoms with Gasteiger partial charge in [-0.2, -0.15) is 0 Å². The molecule has 4 fully saturated rings. The second-order valence-corrected chi connectivity index (χ2v) is 19.5. The van der Waals surface area contributed by atoms with Gasteiger partial charge in [0.15, 0.2) is 24.7 Å². The van der Waals surface area contributed by atoms with Crippen molar-refractivity contribution in [1.29, 1.82) is 0 Å². The van der Waals surface area contributed by atoms with E-state index in [-0.39, 0.29) is 31.7 Å². The number of fused-ring (bicyclic) bond motifs is 2. The van der Waals surface area contributed by atoms with Gasteiger partial charge < -0.3 is 78.2 Å². The van der Waals surface area contributed by atoms with E-state index in [0.717, 1.165) is 0 Å². The molecule has 0 aromatic carbocycles. The van der Waals surface area contributed by atoms with Gasteiger partial charge in [-0.25, -0.2) is 0 Å². The number of nitrogens with zero attached hydrogens (tertiary/aromatic N) is 1. The molecule has 0 aromatic rings. The molecule has 0 unspecified atom stereocenters. The maximum Gasteiger partial charge on any atom is 0.308 e. The maximum atomic E-state index is 14.1. The molecular weight excluding hydrogens is 838 g/mol. The summed E-state index contributed by atoms with van der Waals surface area (Å²) in [7, 11) is 6.47. The standard InChI is InChI=1S/C46H77NO17/c1-13-30-28(21-58-44-41(57-12)40(56-11)36(52)24(4)60-44)16-22(2)14-15-31(49)45(7)19-27(17-32(45)50)38(23(3)29(48)18-33(51)62-30)64-43-37(53)35(47(9)10)39(25(5)61-43)63-34-20-46(8,55)42(54)26(6)59-34/h14-16,23-30,32,34-44,48,50,52-55H,13,17-21H2,1-12H3/b15-14+,22-16+/t23-,24+,25+,26-,27-,28+,29+,30+,32+,34-,35+,36+,37+,38+,39+,40+,41+,42-,43-,44+,45-,46+/m0/s1. The van der Waals surface area contributed by atoms with Gasteiger partial charge in [-0.1, -0.05) is 31.6 Å². The highest BCUT2D eigenvalue weighted by atomic mass is 16.7. The van der Waals surface area contributed by atoms with Crippen molar-refractivity contribution in [3.05, 3.63) is 23.8 Å². The molecule has 64 heavy (non-hydrogen) atoms. The lowest BCUT2D eigenvalue weighted by Gasteiger charge is -2.50. The van der Waals surface area contributed by atoms with Crippen LogP contribution in [0, 0.1) is 23.2 Å². The van der Waals surface area contributed by atoms with Crippen molar-refractivity contribution in [2.75, 3.05) is 34.9 Å². The summed E-state index contributed by atoms with van der Waals surface area (Å²) in [5, 5.41) is 67.5. The molecule has 4 heterocycles. The number of ketones is 1. The zero-order chi connectivity index (χ0) is 47.6. The highest BCUT2D eigenvalue weighted by Crippen LogP contribution is 2.47. The monoisotopic (exact) mass is 916 g/mol. The predicted octanol–water partition coefficient (Wildman–Crippen LogP) is 1.38. The summed E-state index contributed by atoms with van der Waals surface area (Å²) in [4.78, 5) is 29.7. The number of rotatable bonds is 11. The first-order chi connectivity index (χ1) is 30.0. The Kier molecular flexibility index (Phi) is 18.2. The van der Waals surface area contributed by atoms with Crippen LogP contribution in [0.4, 0.5) is 0 Å². The number of cyclic esters (lactones) is 1. The quantitative estimate of drug-likeness (QED) is 0.161. The molecule has 0 spiro atoms. The number of likely N-dealkylation sites (N-methyl/N-ethyl adjacent to an activating group) is 1. The van der Waals surface area contributed by atoms with Gasteiger partial charge in [0.05, 0.1) is 66.7 Å². The summed E-state index contributed by atoms with van der Waals surface area (Å²) in [6.45, 7) is 13.7. The van der Waals surface area contributed by atoms with Crippen LogP contribution in [0.3, 0.4) is 0 Å². The number of hydrogen-bond acceptors (Lipinski definition) is 18. The van der Waals surface area contributed by atoms with E-state index in [1.165, 1.54) is 27.2 Å². The Labute approximate surface area is 378 Å². The molecule has 1 aliphatic carbocycles. The number of aliphatic hydroxyl groups is 6. The Balaban J connectivity index is 1.40. The van der Waals surface area contributed by atoms with E-state index in [1.54, 1.807) is 66.6 Å². The lowest BCUT2D eigenvalue weighted by molar-refractivity contribution is -0.341. The third-order valence-corrected chi connectivity index (χ3v) is 14.4. The second-order valence-electron chi connectivity index (χ2n) is 19.5. The number of carbonyl (C=O) groups excluding carboxylic acids is 2. The van der Waals surface area contributed by atoms with E-state index in [1.807, 2.05) is 13.0 Å². The van der Waals surface area contributed by atoms with Crippen LogP contribution in [-0.2, 0) is 52.2 Å². The van der Waals surface area contributed by atoms with E-state index < -0.39 is 145 Å². The van der Waals surface area contributed by atoms with Crippen LogP contribution in [0.25, 0.3) is 0 Å². The van der Waals surface area contributed by atoms with E-state index in [0.29, 0.717) is 12.0 Å². The van der Waals surface area contributed by atoms with Crippen molar-refractivity contribution in [3.8, 4) is 0 Å². The van der Waals surface area contributed by atoms with E-state index in [9.17, 15) is 40.2 Å². The Hall–Kier alpha value is -1.98. The average Bonchev–Trinajstić information content (AvgIpc) is 3.54. The highest BCUT2D eigenvalue weighted by Gasteiger charge is 2.55. The summed E-state index contributed by atoms with van der Waals surface area (Å²) < 4.78 is 54.8. The average molecular weight is 916 g/mol. The molecule has 3 saturated heterocycles. The summed E-state index contributed by atoms with van der Waals surface area (Å²) in [6.07, 6.45) is -9.81. The maximum absolute atomic E-state index is 14.1. The Morgan fingerprint density at radius 3 is 2.08 bits per heavy atom. The molecular formula is C46H77NO17. The Bertz CT molecular complexity index is 1610. The van der Waals surface area contributed by atoms with Crippen molar-refractivity contribution in [2.45, 2.75) is 197 Å². The lowest BCUT2D eigenvalue weighted by Crippen LogP contribution is -2.65. The van der Waals surface area contributed by atoms with Crippen molar-refractivity contribution in [1.82, 2.24) is 4.90 Å². The first-order valence-electron chi connectivity index (χ1n) is 22.8. The van der Waals surface area contributed by atoms with Crippen LogP contribution in [0.15, 0.2) is 23.8 Å². The van der Waals surface area contributed by atoms with Crippen LogP contribution in [0.2, 0.25) is 0 Å². The summed E-state index contributed by atoms with van der Waals surface area (Å²) in [5.74, 6) is -2.85. The molecule has 6 N–H and O–H groups in total. The fourth-order valence-electron chi connectivity index (χ4n) is 10.3. The minimum absolute atomic E-state index is 0.0135. The van der Waals surface area contributed by atoms with E-state index in [2.05, 4.69) is 0 Å². The molecule has 5 aliphatic rings. The number of hydrogen-bond donors (Lipinski definition) is 6. The molecule has 22 atom stereocenters. The predicted molar refractivity (Wildman–Crippen MR) is 229 cm³/mol. The zero-order valence-electron chi connectivity index (χ0n) is 39.6. The Morgan fingerprint density at radius 2 is 1.47 bits per heavy atom. The molecule has 4 aliphatic heterocycles. The Morgan fingerprint density at radius 1 is 0.812 bits per heavy atom. The van der Waals surface area contributed by atoms with Gasteiger partial charge in [0.2, 0.25) is 0 Å². The van der Waals surface area contributed by atoms with Gasteiger partial charge in [0.1, 0.15) is 42.7 Å². The summed E-state index contributed by atoms with van der Waals surface area (Å²) in [6, 6.07) is -0.724. The highest BCUT2D eigenvalue weighted by molar-refractivity contribution is 5.95. The van der Waals surface area contributed by atoms with E-state index in [4.69, 9.17) is 42.6 Å². The first-order valence-corrected chi connectivity index (χ1v) is 22.8. The van der Waals surface area contributed by atoms with Crippen molar-refractivity contribution >= 4 is 11.8 Å². The van der Waals surface area contributed by atoms with Crippen molar-refractivity contribution in [2.24, 2.45) is 23.2 Å². The van der Waals surface area contributed by atoms with Gasteiger partial charge in [0.25, 0.3) is 0 Å². The van der Waals surface area contributed by atoms with Crippen LogP contribution in [-0.4, -0.2) is 192 Å². The van der Waals surface area contributed by atoms with Gasteiger partial charge in [0, 0.05) is 32.5 Å². The molecule has 5 rings (SSSR count). The largest absolute Gasteiger partial charge is 0.462 e. The molecule has 0 aromatic heterocycles. The van der Waals surface area contributed by atoms with Crippen molar-refractivity contribution < 1.29 is 82.9 Å². The van der Waals surface area contributed by atoms with Gasteiger partial charge in [-0.3, -0.25) is 9.59 Å². The SMILES string of the molecule is CC[C@H]1OC(=O)C[C@@H](O)[C@H](C)[C@@H](O[C@@H]2O[C@H](C)[C@@H](O[C@H]3C[C@@](C)(O)[C@@H](O)[C@H](C)O3)[C@H](N(C)C)[C@H]2O)[C@H]2C[C@@H](O)[C@@](C)(C2)C(=O)/C=C/C(C)=C/[C@@H]1CO[C@@H]1O[C@H](C)[C@@H](O)[C@@H](OC)[C@H]1OC. The fourth-order valence-corrected chi connectivity index (χ4v) is 10.3. The normalized spacial score (nSPS) is 49.0. The zero-order valence-corrected chi connectivity index (χ0v) is 39.6. The third kappa shape index (κ3) is 11.6. The number of ether oxygens (including phenoxy) is 9. The molecule has 18 nitrogen and oxygen atoms in total. The number of methoxy groups -OCH3 is 2. The minimum Gasteiger partial charge on any atom is -0.462 e. The molecule has 0 radical (unpaired) electrons. The van der Waals surface area contributed by atoms with Gasteiger partial charge in [-0.05, 0) is 86.9 Å². The topological polar surface area (TPSA) is 242 Å². The minimum atomic E-state index is -1.48. The molecule has 0 amide bonds. The van der Waals surface area contributed by atoms with Crippen molar-refractivity contribution in [3.63, 3.8) is 0 Å². The number of carbonyl (C=O) groups is 2. The van der Waals surface area contributed by atoms with Crippen LogP contribution in [0.1, 0.15) is 87.5 Å². The number of allylic oxidation sites excluding steroid dienone is 3. The third-order valence-electron chi connectivity index (χ3n) is 14.4. The second kappa shape index (κ2) is 22.0. The van der Waals surface area contributed by atoms with Gasteiger partial charge in [-0.15, -0.1) is 0 Å². The molecule has 18 heteroatoms. The van der Waals surface area contributed by atoms with E-state index >= 15 is 0 Å². The van der Waals surface area contributed by atoms with Crippen LogP contribution < -0.4 is 0 Å². The number of esters is 1. The molecule has 1 saturated carbocycles. The smallest absolute Gasteiger partial charge is 0.308 e. The molecule has 2 bridgehead atoms. The van der Waals surface area contributed by atoms with Crippen LogP contribution >= 0.6 is 0 Å². The van der Waals surface area contributed by atoms with Crippen LogP contribution in [0.5, 0.6) is 0 Å². The lowest BCUT2D eigenvalue weighted by atomic mass is 9.79. The van der Waals surface area contributed by atoms with Gasteiger partial charge >= 0.3 is 5.97 Å². The molecule has 368 valence electrons. The summed E-state index contributed by atoms with van der Waals surface area (Å²) >= 11 is 0. The summed E-state index contributed by atoms with van der Waals surface area (Å²) in [5.41, 5.74) is -2.05. The number of aliphatic hydroxyl groups excluding tert-OH is 5.